The number of aromatic nitrogens is 1. The molecule has 26 heavy (non-hydrogen) atoms. The number of hydrogen-bond acceptors (Lipinski definition) is 3. The summed E-state index contributed by atoms with van der Waals surface area (Å²) in [5, 5.41) is 3.24. The van der Waals surface area contributed by atoms with Crippen LogP contribution in [0.5, 0.6) is 0 Å². The summed E-state index contributed by atoms with van der Waals surface area (Å²) in [5.74, 6) is -0.239. The van der Waals surface area contributed by atoms with Gasteiger partial charge in [-0.2, -0.15) is 0 Å². The Hall–Kier alpha value is -2.11. The van der Waals surface area contributed by atoms with Crippen LogP contribution in [0.2, 0.25) is 10.0 Å². The van der Waals surface area contributed by atoms with E-state index in [1.54, 1.807) is 36.2 Å². The van der Waals surface area contributed by atoms with Crippen LogP contribution in [-0.2, 0) is 0 Å². The highest BCUT2D eigenvalue weighted by molar-refractivity contribution is 6.42. The molecule has 2 aromatic rings. The number of amides is 2. The number of benzene rings is 1. The number of anilines is 1. The van der Waals surface area contributed by atoms with E-state index in [-0.39, 0.29) is 23.0 Å². The maximum Gasteiger partial charge on any atom is 0.256 e. The normalized spacial score (nSPS) is 11.2. The molecule has 138 valence electrons. The molecule has 0 unspecified atom stereocenters. The summed E-state index contributed by atoms with van der Waals surface area (Å²) in [7, 11) is 1.75. The number of rotatable bonds is 4. The van der Waals surface area contributed by atoms with E-state index in [1.165, 1.54) is 12.3 Å². The number of halogens is 2. The van der Waals surface area contributed by atoms with Gasteiger partial charge in [0.1, 0.15) is 5.82 Å². The molecule has 0 bridgehead atoms. The molecule has 0 aliphatic rings. The third-order valence-corrected chi connectivity index (χ3v) is 4.19. The third kappa shape index (κ3) is 5.44. The minimum atomic E-state index is -0.385. The van der Waals surface area contributed by atoms with Gasteiger partial charge in [0.2, 0.25) is 0 Å². The molecule has 0 spiro atoms. The van der Waals surface area contributed by atoms with Crippen molar-refractivity contribution in [2.24, 2.45) is 5.41 Å². The Kier molecular flexibility index (Phi) is 6.26. The first-order chi connectivity index (χ1) is 12.1. The van der Waals surface area contributed by atoms with Gasteiger partial charge in [-0.25, -0.2) is 4.98 Å². The van der Waals surface area contributed by atoms with Crippen molar-refractivity contribution in [3.05, 3.63) is 57.7 Å². The van der Waals surface area contributed by atoms with Gasteiger partial charge in [-0.3, -0.25) is 9.59 Å². The minimum Gasteiger partial charge on any atom is -0.341 e. The van der Waals surface area contributed by atoms with Crippen LogP contribution in [0.1, 0.15) is 41.5 Å². The summed E-state index contributed by atoms with van der Waals surface area (Å²) in [6, 6.07) is 8.03. The maximum atomic E-state index is 12.6. The molecule has 1 aromatic heterocycles. The van der Waals surface area contributed by atoms with Crippen LogP contribution in [-0.4, -0.2) is 35.3 Å². The van der Waals surface area contributed by atoms with Crippen LogP contribution in [0.15, 0.2) is 36.5 Å². The zero-order chi connectivity index (χ0) is 19.5. The quantitative estimate of drug-likeness (QED) is 0.814. The molecule has 2 amide bonds. The molecule has 0 saturated heterocycles. The van der Waals surface area contributed by atoms with Crippen LogP contribution >= 0.6 is 23.2 Å². The highest BCUT2D eigenvalue weighted by atomic mass is 35.5. The van der Waals surface area contributed by atoms with Crippen molar-refractivity contribution in [2.75, 3.05) is 18.9 Å². The van der Waals surface area contributed by atoms with Crippen molar-refractivity contribution in [1.29, 1.82) is 0 Å². The highest BCUT2D eigenvalue weighted by Gasteiger charge is 2.20. The first-order valence-electron chi connectivity index (χ1n) is 8.05. The summed E-state index contributed by atoms with van der Waals surface area (Å²) < 4.78 is 0. The Balaban J connectivity index is 2.16. The van der Waals surface area contributed by atoms with Crippen LogP contribution < -0.4 is 5.32 Å². The zero-order valence-corrected chi connectivity index (χ0v) is 16.6. The molecule has 0 saturated carbocycles. The Bertz CT molecular complexity index is 832. The van der Waals surface area contributed by atoms with Gasteiger partial charge in [-0.05, 0) is 23.6 Å². The molecule has 1 heterocycles. The fourth-order valence-electron chi connectivity index (χ4n) is 2.47. The Labute approximate surface area is 163 Å². The summed E-state index contributed by atoms with van der Waals surface area (Å²) in [6.45, 7) is 6.79. The first-order valence-corrected chi connectivity index (χ1v) is 8.80. The number of pyridine rings is 1. The van der Waals surface area contributed by atoms with Gasteiger partial charge in [0.05, 0.1) is 10.0 Å². The third-order valence-electron chi connectivity index (χ3n) is 3.48. The number of nitrogens with one attached hydrogen (secondary N) is 1. The molecule has 0 radical (unpaired) electrons. The van der Waals surface area contributed by atoms with E-state index in [4.69, 9.17) is 23.2 Å². The van der Waals surface area contributed by atoms with Crippen LogP contribution in [0.3, 0.4) is 0 Å². The lowest BCUT2D eigenvalue weighted by Crippen LogP contribution is -2.34. The predicted octanol–water partition coefficient (Wildman–Crippen LogP) is 4.76. The van der Waals surface area contributed by atoms with Crippen molar-refractivity contribution < 1.29 is 9.59 Å². The fraction of sp³-hybridized carbons (Fsp3) is 0.316. The Morgan fingerprint density at radius 2 is 1.77 bits per heavy atom. The van der Waals surface area contributed by atoms with Crippen LogP contribution in [0.25, 0.3) is 0 Å². The monoisotopic (exact) mass is 393 g/mol. The minimum absolute atomic E-state index is 0.0150. The molecule has 5 nitrogen and oxygen atoms in total. The van der Waals surface area contributed by atoms with Crippen molar-refractivity contribution in [1.82, 2.24) is 9.88 Å². The van der Waals surface area contributed by atoms with Gasteiger partial charge in [0.15, 0.2) is 0 Å². The molecule has 0 aliphatic carbocycles. The molecular weight excluding hydrogens is 373 g/mol. The van der Waals surface area contributed by atoms with Gasteiger partial charge in [0.25, 0.3) is 11.8 Å². The molecule has 0 fully saturated rings. The van der Waals surface area contributed by atoms with Gasteiger partial charge < -0.3 is 10.2 Å². The van der Waals surface area contributed by atoms with E-state index in [2.05, 4.69) is 31.1 Å². The van der Waals surface area contributed by atoms with Gasteiger partial charge in [-0.1, -0.05) is 50.0 Å². The van der Waals surface area contributed by atoms with Gasteiger partial charge in [-0.15, -0.1) is 0 Å². The standard InChI is InChI=1S/C19H21Cl2N3O2/c1-19(2,3)11-24(4)18(26)13-7-5-6-12(8-13)17(25)23-16-9-14(20)15(21)10-22-16/h5-10H,11H2,1-4H3,(H,22,23,25). The second kappa shape index (κ2) is 8.06. The van der Waals surface area contributed by atoms with E-state index in [1.807, 2.05) is 0 Å². The summed E-state index contributed by atoms with van der Waals surface area (Å²) in [6.07, 6.45) is 1.36. The second-order valence-electron chi connectivity index (χ2n) is 7.24. The van der Waals surface area contributed by atoms with E-state index in [0.717, 1.165) is 0 Å². The molecular formula is C19H21Cl2N3O2. The lowest BCUT2D eigenvalue weighted by molar-refractivity contribution is 0.0745. The van der Waals surface area contributed by atoms with Crippen molar-refractivity contribution in [3.63, 3.8) is 0 Å². The number of nitrogens with zero attached hydrogens (tertiary/aromatic N) is 2. The van der Waals surface area contributed by atoms with Gasteiger partial charge in [0, 0.05) is 37.0 Å². The number of hydrogen-bond donors (Lipinski definition) is 1. The van der Waals surface area contributed by atoms with Gasteiger partial charge >= 0.3 is 0 Å². The average molecular weight is 394 g/mol. The van der Waals surface area contributed by atoms with Crippen molar-refractivity contribution in [3.8, 4) is 0 Å². The summed E-state index contributed by atoms with van der Waals surface area (Å²) in [4.78, 5) is 30.7. The molecule has 1 N–H and O–H groups in total. The Morgan fingerprint density at radius 3 is 2.38 bits per heavy atom. The second-order valence-corrected chi connectivity index (χ2v) is 8.05. The van der Waals surface area contributed by atoms with Crippen LogP contribution in [0.4, 0.5) is 5.82 Å². The van der Waals surface area contributed by atoms with Crippen LogP contribution in [0, 0.1) is 5.41 Å². The van der Waals surface area contributed by atoms with Crippen molar-refractivity contribution >= 4 is 40.8 Å². The van der Waals surface area contributed by atoms with E-state index in [0.29, 0.717) is 27.7 Å². The molecule has 1 aromatic carbocycles. The molecule has 2 rings (SSSR count). The molecule has 0 atom stereocenters. The van der Waals surface area contributed by atoms with Crippen molar-refractivity contribution in [2.45, 2.75) is 20.8 Å². The first kappa shape index (κ1) is 20.2. The topological polar surface area (TPSA) is 62.3 Å². The highest BCUT2D eigenvalue weighted by Crippen LogP contribution is 2.23. The number of carbonyl (C=O) groups excluding carboxylic acids is 2. The van der Waals surface area contributed by atoms with E-state index >= 15 is 0 Å². The van der Waals surface area contributed by atoms with E-state index < -0.39 is 0 Å². The summed E-state index contributed by atoms with van der Waals surface area (Å²) >= 11 is 11.7. The largest absolute Gasteiger partial charge is 0.341 e. The molecule has 0 aliphatic heterocycles. The summed E-state index contributed by atoms with van der Waals surface area (Å²) in [5.41, 5.74) is 0.790. The zero-order valence-electron chi connectivity index (χ0n) is 15.1. The lowest BCUT2D eigenvalue weighted by Gasteiger charge is -2.26. The smallest absolute Gasteiger partial charge is 0.256 e. The maximum absolute atomic E-state index is 12.6. The van der Waals surface area contributed by atoms with E-state index in [9.17, 15) is 9.59 Å². The average Bonchev–Trinajstić information content (AvgIpc) is 2.56. The lowest BCUT2D eigenvalue weighted by atomic mass is 9.96. The SMILES string of the molecule is CN(CC(C)(C)C)C(=O)c1cccc(C(=O)Nc2cc(Cl)c(Cl)cn2)c1. The number of carbonyl (C=O) groups is 2. The molecule has 7 heteroatoms. The predicted molar refractivity (Wildman–Crippen MR) is 105 cm³/mol. The fourth-order valence-corrected chi connectivity index (χ4v) is 2.72. The Morgan fingerprint density at radius 1 is 1.12 bits per heavy atom.